The number of para-hydroxylation sites is 1. The second-order valence-corrected chi connectivity index (χ2v) is 16.0. The second-order valence-electron chi connectivity index (χ2n) is 15.1. The van der Waals surface area contributed by atoms with Gasteiger partial charge in [-0.2, -0.15) is 5.06 Å². The first-order valence-corrected chi connectivity index (χ1v) is 17.4. The molecule has 0 aromatic heterocycles. The normalized spacial score (nSPS) is 18.8. The molecule has 1 aliphatic heterocycles. The highest BCUT2D eigenvalue weighted by Crippen LogP contribution is 2.31. The Morgan fingerprint density at radius 1 is 0.938 bits per heavy atom. The number of rotatable bonds is 15. The quantitative estimate of drug-likeness (QED) is 0.0935. The molecule has 2 fully saturated rings. The number of amides is 5. The number of likely N-dealkylation sites (tertiary alicyclic amines) is 1. The number of likely N-dealkylation sites (N-methyl/N-ethyl adjacent to an activating group) is 1. The van der Waals surface area contributed by atoms with Gasteiger partial charge in [0.25, 0.3) is 5.91 Å². The Labute approximate surface area is 289 Å². The number of primary amides is 1. The molecule has 48 heavy (non-hydrogen) atoms. The molecule has 1 heterocycles. The molecule has 13 nitrogen and oxygen atoms in total. The SMILES string of the molecule is CN(CC(NC(=O)NC(C(=O)N1CCCC1C(=O)NC(CC1CCC1)C(=O)C(N)=O)C(C)(C)C)C(C)(C)C)OSN(C)c1ccccc1. The number of ketones is 1. The molecule has 3 rings (SSSR count). The van der Waals surface area contributed by atoms with Gasteiger partial charge in [-0.3, -0.25) is 23.5 Å². The van der Waals surface area contributed by atoms with Crippen LogP contribution < -0.4 is 26.0 Å². The van der Waals surface area contributed by atoms with Crippen LogP contribution in [-0.2, 0) is 23.5 Å². The van der Waals surface area contributed by atoms with E-state index in [1.165, 1.54) is 4.90 Å². The average Bonchev–Trinajstić information content (AvgIpc) is 3.48. The molecule has 14 heteroatoms. The highest BCUT2D eigenvalue weighted by Gasteiger charge is 2.43. The van der Waals surface area contributed by atoms with Crippen molar-refractivity contribution in [2.45, 2.75) is 104 Å². The molecule has 0 bridgehead atoms. The number of hydrogen-bond acceptors (Lipinski definition) is 9. The summed E-state index contributed by atoms with van der Waals surface area (Å²) in [5, 5.41) is 10.3. The lowest BCUT2D eigenvalue weighted by atomic mass is 9.80. The largest absolute Gasteiger partial charge is 0.363 e. The van der Waals surface area contributed by atoms with Gasteiger partial charge in [-0.05, 0) is 48.1 Å². The molecule has 1 aromatic rings. The Balaban J connectivity index is 1.66. The fourth-order valence-corrected chi connectivity index (χ4v) is 6.28. The van der Waals surface area contributed by atoms with Crippen LogP contribution in [0.5, 0.6) is 0 Å². The number of nitrogens with two attached hydrogens (primary N) is 1. The van der Waals surface area contributed by atoms with Crippen molar-refractivity contribution >= 4 is 47.5 Å². The summed E-state index contributed by atoms with van der Waals surface area (Å²) in [6.07, 6.45) is 4.23. The third-order valence-corrected chi connectivity index (χ3v) is 9.83. The highest BCUT2D eigenvalue weighted by molar-refractivity contribution is 7.96. The van der Waals surface area contributed by atoms with Crippen molar-refractivity contribution in [2.75, 3.05) is 31.5 Å². The van der Waals surface area contributed by atoms with Gasteiger partial charge in [0.2, 0.25) is 17.6 Å². The van der Waals surface area contributed by atoms with Gasteiger partial charge in [-0.1, -0.05) is 79.0 Å². The zero-order valence-electron chi connectivity index (χ0n) is 29.7. The van der Waals surface area contributed by atoms with E-state index in [-0.39, 0.29) is 23.3 Å². The smallest absolute Gasteiger partial charge is 0.315 e. The zero-order valence-corrected chi connectivity index (χ0v) is 30.5. The molecule has 5 N–H and O–H groups in total. The number of urea groups is 1. The van der Waals surface area contributed by atoms with Gasteiger partial charge in [-0.15, -0.1) is 0 Å². The lowest BCUT2D eigenvalue weighted by molar-refractivity contribution is -0.143. The third-order valence-electron chi connectivity index (χ3n) is 9.08. The lowest BCUT2D eigenvalue weighted by Crippen LogP contribution is -2.61. The van der Waals surface area contributed by atoms with Gasteiger partial charge in [0.05, 0.1) is 12.1 Å². The molecule has 1 aromatic carbocycles. The van der Waals surface area contributed by atoms with Crippen molar-refractivity contribution in [2.24, 2.45) is 22.5 Å². The van der Waals surface area contributed by atoms with Gasteiger partial charge in [-0.25, -0.2) is 9.08 Å². The fourth-order valence-electron chi connectivity index (χ4n) is 5.79. The van der Waals surface area contributed by atoms with Crippen LogP contribution in [0, 0.1) is 16.7 Å². The number of carbonyl (C=O) groups is 5. The molecular weight excluding hydrogens is 634 g/mol. The van der Waals surface area contributed by atoms with Gasteiger partial charge in [0.1, 0.15) is 24.3 Å². The average molecular weight is 690 g/mol. The zero-order chi connectivity index (χ0) is 35.8. The van der Waals surface area contributed by atoms with E-state index in [9.17, 15) is 24.0 Å². The predicted octanol–water partition coefficient (Wildman–Crippen LogP) is 3.40. The van der Waals surface area contributed by atoms with Gasteiger partial charge >= 0.3 is 6.03 Å². The summed E-state index contributed by atoms with van der Waals surface area (Å²) in [6, 6.07) is 6.11. The maximum atomic E-state index is 14.1. The first-order valence-electron chi connectivity index (χ1n) is 16.7. The van der Waals surface area contributed by atoms with E-state index in [0.717, 1.165) is 37.2 Å². The van der Waals surface area contributed by atoms with Crippen LogP contribution in [0.15, 0.2) is 30.3 Å². The molecule has 4 atom stereocenters. The van der Waals surface area contributed by atoms with Crippen LogP contribution in [0.1, 0.15) is 80.1 Å². The molecule has 2 aliphatic rings. The molecule has 0 radical (unpaired) electrons. The molecular formula is C34H55N7O6S. The van der Waals surface area contributed by atoms with Crippen molar-refractivity contribution in [3.63, 3.8) is 0 Å². The predicted molar refractivity (Wildman–Crippen MR) is 187 cm³/mol. The van der Waals surface area contributed by atoms with Crippen molar-refractivity contribution < 1.29 is 28.3 Å². The van der Waals surface area contributed by atoms with Gasteiger partial charge in [0.15, 0.2) is 0 Å². The summed E-state index contributed by atoms with van der Waals surface area (Å²) < 4.78 is 7.77. The summed E-state index contributed by atoms with van der Waals surface area (Å²) >= 11 is 1.16. The molecule has 1 aliphatic carbocycles. The van der Waals surface area contributed by atoms with Crippen LogP contribution in [0.3, 0.4) is 0 Å². The minimum absolute atomic E-state index is 0.241. The van der Waals surface area contributed by atoms with E-state index in [1.807, 2.05) is 83.2 Å². The maximum Gasteiger partial charge on any atom is 0.315 e. The third kappa shape index (κ3) is 11.1. The van der Waals surface area contributed by atoms with Gasteiger partial charge < -0.3 is 26.6 Å². The van der Waals surface area contributed by atoms with Crippen molar-refractivity contribution in [3.8, 4) is 0 Å². The minimum Gasteiger partial charge on any atom is -0.363 e. The first-order chi connectivity index (χ1) is 22.4. The summed E-state index contributed by atoms with van der Waals surface area (Å²) in [5.74, 6) is -2.57. The van der Waals surface area contributed by atoms with E-state index in [1.54, 1.807) is 12.1 Å². The van der Waals surface area contributed by atoms with Crippen molar-refractivity contribution in [3.05, 3.63) is 30.3 Å². The molecule has 0 spiro atoms. The van der Waals surface area contributed by atoms with Crippen LogP contribution in [0.2, 0.25) is 0 Å². The number of Topliss-reactive ketones (excluding diaryl/α,β-unsaturated/α-hetero) is 1. The molecule has 4 unspecified atom stereocenters. The van der Waals surface area contributed by atoms with Crippen LogP contribution in [0.4, 0.5) is 10.5 Å². The minimum atomic E-state index is -1.09. The number of hydroxylamine groups is 2. The number of carbonyl (C=O) groups excluding carboxylic acids is 5. The van der Waals surface area contributed by atoms with Gasteiger partial charge in [0, 0.05) is 32.9 Å². The Bertz CT molecular complexity index is 1280. The topological polar surface area (TPSA) is 166 Å². The van der Waals surface area contributed by atoms with E-state index in [2.05, 4.69) is 16.0 Å². The van der Waals surface area contributed by atoms with E-state index < -0.39 is 47.2 Å². The van der Waals surface area contributed by atoms with Crippen molar-refractivity contribution in [1.82, 2.24) is 25.9 Å². The Morgan fingerprint density at radius 3 is 2.12 bits per heavy atom. The number of anilines is 1. The van der Waals surface area contributed by atoms with Crippen LogP contribution >= 0.6 is 12.2 Å². The highest BCUT2D eigenvalue weighted by atomic mass is 32.2. The second kappa shape index (κ2) is 16.8. The van der Waals surface area contributed by atoms with Crippen LogP contribution in [-0.4, -0.2) is 90.9 Å². The molecule has 5 amide bonds. The summed E-state index contributed by atoms with van der Waals surface area (Å²) in [6.45, 7) is 12.3. The standard InChI is InChI=1S/C34H55N7O6S/c1-33(2,3)26(21-39(7)47-48-40(8)23-16-10-9-11-17-23)37-32(46)38-28(34(4,5)6)31(45)41-19-13-18-25(41)30(44)36-24(27(42)29(35)43)20-22-14-12-15-22/h9-11,16-17,22,24-26,28H,12-15,18-21H2,1-8H3,(H2,35,43)(H,36,44)(H2,37,38,46). The monoisotopic (exact) mass is 689 g/mol. The fraction of sp³-hybridized carbons (Fsp3) is 0.676. The maximum absolute atomic E-state index is 14.1. The first kappa shape index (κ1) is 39.1. The van der Waals surface area contributed by atoms with Crippen LogP contribution in [0.25, 0.3) is 0 Å². The summed E-state index contributed by atoms with van der Waals surface area (Å²) in [4.78, 5) is 66.8. The number of nitrogens with one attached hydrogen (secondary N) is 3. The Hall–Kier alpha value is -3.36. The Kier molecular flexibility index (Phi) is 13.7. The number of nitrogens with zero attached hydrogens (tertiary/aromatic N) is 3. The van der Waals surface area contributed by atoms with E-state index >= 15 is 0 Å². The molecule has 1 saturated carbocycles. The number of hydrogen-bond donors (Lipinski definition) is 4. The van der Waals surface area contributed by atoms with Crippen molar-refractivity contribution in [1.29, 1.82) is 0 Å². The Morgan fingerprint density at radius 2 is 1.58 bits per heavy atom. The molecule has 1 saturated heterocycles. The van der Waals surface area contributed by atoms with E-state index in [4.69, 9.17) is 10.0 Å². The molecule has 268 valence electrons. The number of benzene rings is 1. The van der Waals surface area contributed by atoms with E-state index in [0.29, 0.717) is 32.4 Å². The summed E-state index contributed by atoms with van der Waals surface area (Å²) in [7, 11) is 3.69. The summed E-state index contributed by atoms with van der Waals surface area (Å²) in [5.41, 5.74) is 5.21. The lowest BCUT2D eigenvalue weighted by Gasteiger charge is -2.38.